The van der Waals surface area contributed by atoms with Gasteiger partial charge in [0, 0.05) is 30.3 Å². The topological polar surface area (TPSA) is 41.3 Å². The molecule has 1 saturated heterocycles. The van der Waals surface area contributed by atoms with Crippen LogP contribution in [0.4, 0.5) is 10.3 Å². The van der Waals surface area contributed by atoms with Crippen LogP contribution in [-0.2, 0) is 6.54 Å². The van der Waals surface area contributed by atoms with Crippen LogP contribution in [0, 0.1) is 11.7 Å². The molecule has 0 saturated carbocycles. The summed E-state index contributed by atoms with van der Waals surface area (Å²) in [5, 5.41) is 9.80. The summed E-state index contributed by atoms with van der Waals surface area (Å²) < 4.78 is 16.4. The lowest BCUT2D eigenvalue weighted by atomic mass is 9.98. The molecule has 1 aliphatic rings. The number of aromatic nitrogens is 2. The van der Waals surface area contributed by atoms with Gasteiger partial charge >= 0.3 is 0 Å². The van der Waals surface area contributed by atoms with Crippen LogP contribution in [0.2, 0.25) is 5.02 Å². The van der Waals surface area contributed by atoms with Crippen LogP contribution in [0.25, 0.3) is 11.0 Å². The Labute approximate surface area is 156 Å². The zero-order valence-corrected chi connectivity index (χ0v) is 15.2. The summed E-state index contributed by atoms with van der Waals surface area (Å²) in [7, 11) is 0. The Balaban J connectivity index is 1.75. The predicted octanol–water partition coefficient (Wildman–Crippen LogP) is 4.09. The second kappa shape index (κ2) is 7.25. The molecule has 136 valence electrons. The third kappa shape index (κ3) is 3.17. The van der Waals surface area contributed by atoms with Gasteiger partial charge in [-0.3, -0.25) is 0 Å². The Bertz CT molecular complexity index is 898. The number of imidazole rings is 1. The van der Waals surface area contributed by atoms with Crippen molar-refractivity contribution in [3.05, 3.63) is 58.9 Å². The van der Waals surface area contributed by atoms with E-state index in [4.69, 9.17) is 16.6 Å². The molecule has 1 aliphatic heterocycles. The summed E-state index contributed by atoms with van der Waals surface area (Å²) in [6.45, 7) is 2.23. The number of nitrogens with zero attached hydrogens (tertiary/aromatic N) is 3. The van der Waals surface area contributed by atoms with Crippen molar-refractivity contribution in [2.45, 2.75) is 19.4 Å². The zero-order chi connectivity index (χ0) is 18.1. The molecule has 0 unspecified atom stereocenters. The van der Waals surface area contributed by atoms with Gasteiger partial charge in [0.25, 0.3) is 0 Å². The Kier molecular flexibility index (Phi) is 4.83. The first kappa shape index (κ1) is 17.3. The predicted molar refractivity (Wildman–Crippen MR) is 102 cm³/mol. The maximum absolute atomic E-state index is 14.4. The van der Waals surface area contributed by atoms with Gasteiger partial charge in [0.1, 0.15) is 5.82 Å². The lowest BCUT2D eigenvalue weighted by Crippen LogP contribution is -2.36. The first-order valence-electron chi connectivity index (χ1n) is 8.91. The molecule has 0 spiro atoms. The molecule has 26 heavy (non-hydrogen) atoms. The second-order valence-electron chi connectivity index (χ2n) is 6.80. The summed E-state index contributed by atoms with van der Waals surface area (Å²) in [6.07, 6.45) is 1.86. The Hall–Kier alpha value is -2.11. The van der Waals surface area contributed by atoms with Gasteiger partial charge in [0.05, 0.1) is 17.6 Å². The average molecular weight is 374 g/mol. The highest BCUT2D eigenvalue weighted by Gasteiger charge is 2.24. The molecule has 2 heterocycles. The molecule has 6 heteroatoms. The molecule has 3 aromatic rings. The molecule has 0 radical (unpaired) electrons. The van der Waals surface area contributed by atoms with E-state index >= 15 is 0 Å². The van der Waals surface area contributed by atoms with Crippen molar-refractivity contribution in [2.24, 2.45) is 5.92 Å². The molecule has 0 bridgehead atoms. The van der Waals surface area contributed by atoms with E-state index in [0.717, 1.165) is 42.9 Å². The fourth-order valence-corrected chi connectivity index (χ4v) is 3.84. The van der Waals surface area contributed by atoms with E-state index in [1.165, 1.54) is 6.07 Å². The fourth-order valence-electron chi connectivity index (χ4n) is 3.62. The quantitative estimate of drug-likeness (QED) is 0.749. The SMILES string of the molecule is OCC1CCN(c2nc3ccccc3n2Cc2c(F)cccc2Cl)CC1. The number of para-hydroxylation sites is 2. The molecule has 1 fully saturated rings. The number of anilines is 1. The Morgan fingerprint density at radius 1 is 1.12 bits per heavy atom. The van der Waals surface area contributed by atoms with Gasteiger partial charge in [-0.25, -0.2) is 9.37 Å². The smallest absolute Gasteiger partial charge is 0.206 e. The molecule has 0 amide bonds. The van der Waals surface area contributed by atoms with Gasteiger partial charge in [-0.15, -0.1) is 0 Å². The maximum Gasteiger partial charge on any atom is 0.206 e. The second-order valence-corrected chi connectivity index (χ2v) is 7.21. The number of hydrogen-bond acceptors (Lipinski definition) is 3. The molecular formula is C20H21ClFN3O. The minimum Gasteiger partial charge on any atom is -0.396 e. The van der Waals surface area contributed by atoms with E-state index in [-0.39, 0.29) is 12.4 Å². The molecule has 4 rings (SSSR count). The van der Waals surface area contributed by atoms with E-state index in [2.05, 4.69) is 4.90 Å². The van der Waals surface area contributed by atoms with Crippen LogP contribution in [0.15, 0.2) is 42.5 Å². The summed E-state index contributed by atoms with van der Waals surface area (Å²) in [5.74, 6) is 0.882. The number of aliphatic hydroxyl groups is 1. The normalized spacial score (nSPS) is 15.7. The largest absolute Gasteiger partial charge is 0.396 e. The summed E-state index contributed by atoms with van der Waals surface area (Å²) in [5.41, 5.74) is 2.33. The lowest BCUT2D eigenvalue weighted by Gasteiger charge is -2.32. The molecule has 0 atom stereocenters. The third-order valence-corrected chi connectivity index (χ3v) is 5.52. The van der Waals surface area contributed by atoms with E-state index in [1.54, 1.807) is 12.1 Å². The van der Waals surface area contributed by atoms with Crippen molar-refractivity contribution < 1.29 is 9.50 Å². The van der Waals surface area contributed by atoms with Crippen molar-refractivity contribution in [3.63, 3.8) is 0 Å². The van der Waals surface area contributed by atoms with Crippen LogP contribution in [0.5, 0.6) is 0 Å². The number of piperidine rings is 1. The van der Waals surface area contributed by atoms with Crippen LogP contribution in [0.1, 0.15) is 18.4 Å². The van der Waals surface area contributed by atoms with E-state index in [9.17, 15) is 9.50 Å². The highest BCUT2D eigenvalue weighted by molar-refractivity contribution is 6.31. The van der Waals surface area contributed by atoms with Gasteiger partial charge < -0.3 is 14.6 Å². The Morgan fingerprint density at radius 3 is 2.62 bits per heavy atom. The van der Waals surface area contributed by atoms with Gasteiger partial charge in [-0.05, 0) is 43.0 Å². The minimum atomic E-state index is -0.305. The molecule has 4 nitrogen and oxygen atoms in total. The lowest BCUT2D eigenvalue weighted by molar-refractivity contribution is 0.202. The van der Waals surface area contributed by atoms with Crippen molar-refractivity contribution >= 4 is 28.6 Å². The minimum absolute atomic E-state index is 0.231. The standard InChI is InChI=1S/C20H21ClFN3O/c21-16-4-3-5-17(22)15(16)12-25-19-7-2-1-6-18(19)23-20(25)24-10-8-14(13-26)9-11-24/h1-7,14,26H,8-13H2. The molecule has 1 N–H and O–H groups in total. The molecule has 0 aliphatic carbocycles. The molecular weight excluding hydrogens is 353 g/mol. The first-order valence-corrected chi connectivity index (χ1v) is 9.29. The van der Waals surface area contributed by atoms with Gasteiger partial charge in [-0.1, -0.05) is 29.8 Å². The monoisotopic (exact) mass is 373 g/mol. The van der Waals surface area contributed by atoms with E-state index in [1.807, 2.05) is 28.8 Å². The van der Waals surface area contributed by atoms with Crippen LogP contribution < -0.4 is 4.90 Å². The van der Waals surface area contributed by atoms with Gasteiger partial charge in [-0.2, -0.15) is 0 Å². The first-order chi connectivity index (χ1) is 12.7. The number of halogens is 2. The van der Waals surface area contributed by atoms with Gasteiger partial charge in [0.2, 0.25) is 5.95 Å². The number of fused-ring (bicyclic) bond motifs is 1. The summed E-state index contributed by atoms with van der Waals surface area (Å²) in [4.78, 5) is 7.03. The average Bonchev–Trinajstić information content (AvgIpc) is 3.03. The maximum atomic E-state index is 14.4. The van der Waals surface area contributed by atoms with E-state index in [0.29, 0.717) is 23.0 Å². The molecule has 1 aromatic heterocycles. The number of rotatable bonds is 4. The van der Waals surface area contributed by atoms with Crippen LogP contribution >= 0.6 is 11.6 Å². The third-order valence-electron chi connectivity index (χ3n) is 5.17. The molecule has 2 aromatic carbocycles. The van der Waals surface area contributed by atoms with Gasteiger partial charge in [0.15, 0.2) is 0 Å². The highest BCUT2D eigenvalue weighted by atomic mass is 35.5. The number of hydrogen-bond donors (Lipinski definition) is 1. The van der Waals surface area contributed by atoms with Crippen molar-refractivity contribution in [2.75, 3.05) is 24.6 Å². The number of benzene rings is 2. The van der Waals surface area contributed by atoms with Crippen LogP contribution in [-0.4, -0.2) is 34.4 Å². The summed E-state index contributed by atoms with van der Waals surface area (Å²) >= 11 is 6.26. The number of aliphatic hydroxyl groups excluding tert-OH is 1. The van der Waals surface area contributed by atoms with Crippen molar-refractivity contribution in [1.82, 2.24) is 9.55 Å². The summed E-state index contributed by atoms with van der Waals surface area (Å²) in [6, 6.07) is 12.7. The van der Waals surface area contributed by atoms with Crippen LogP contribution in [0.3, 0.4) is 0 Å². The van der Waals surface area contributed by atoms with E-state index < -0.39 is 0 Å². The van der Waals surface area contributed by atoms with Crippen molar-refractivity contribution in [3.8, 4) is 0 Å². The highest BCUT2D eigenvalue weighted by Crippen LogP contribution is 2.29. The zero-order valence-electron chi connectivity index (χ0n) is 14.4. The fraction of sp³-hybridized carbons (Fsp3) is 0.350. The van der Waals surface area contributed by atoms with Crippen molar-refractivity contribution in [1.29, 1.82) is 0 Å². The Morgan fingerprint density at radius 2 is 1.88 bits per heavy atom.